The van der Waals surface area contributed by atoms with Crippen LogP contribution in [-0.2, 0) is 19.1 Å². The van der Waals surface area contributed by atoms with Crippen LogP contribution in [0.4, 0.5) is 10.1 Å². The van der Waals surface area contributed by atoms with E-state index in [1.807, 2.05) is 0 Å². The topological polar surface area (TPSA) is 72.9 Å². The number of carbonyl (C=O) groups is 3. The summed E-state index contributed by atoms with van der Waals surface area (Å²) in [5, 5.41) is -0.149. The Labute approximate surface area is 177 Å². The highest BCUT2D eigenvalue weighted by Gasteiger charge is 2.38. The van der Waals surface area contributed by atoms with Crippen LogP contribution >= 0.6 is 11.6 Å². The minimum atomic E-state index is -0.686. The quantitative estimate of drug-likeness (QED) is 0.539. The fraction of sp³-hybridized carbons (Fsp3) is 0.136. The summed E-state index contributed by atoms with van der Waals surface area (Å²) in [6.45, 7) is 1.59. The second-order valence-corrected chi connectivity index (χ2v) is 6.77. The summed E-state index contributed by atoms with van der Waals surface area (Å²) < 4.78 is 23.1. The Hall–Kier alpha value is -3.45. The van der Waals surface area contributed by atoms with Crippen LogP contribution in [0.3, 0.4) is 0 Å². The molecule has 0 aliphatic carbocycles. The van der Waals surface area contributed by atoms with Crippen LogP contribution in [0, 0.1) is 5.82 Å². The summed E-state index contributed by atoms with van der Waals surface area (Å²) in [6.07, 6.45) is 1.52. The van der Waals surface area contributed by atoms with Crippen molar-refractivity contribution in [3.8, 4) is 0 Å². The minimum Gasteiger partial charge on any atom is -0.465 e. The summed E-state index contributed by atoms with van der Waals surface area (Å²) in [7, 11) is 2.50. The third-order valence-electron chi connectivity index (χ3n) is 4.59. The summed E-state index contributed by atoms with van der Waals surface area (Å²) in [5.74, 6) is -2.29. The van der Waals surface area contributed by atoms with Gasteiger partial charge in [0.1, 0.15) is 5.82 Å². The van der Waals surface area contributed by atoms with Crippen LogP contribution in [0.25, 0.3) is 6.08 Å². The second kappa shape index (κ2) is 8.51. The monoisotopic (exact) mass is 429 g/mol. The van der Waals surface area contributed by atoms with Gasteiger partial charge in [-0.2, -0.15) is 0 Å². The maximum Gasteiger partial charge on any atom is 0.340 e. The van der Waals surface area contributed by atoms with E-state index in [-0.39, 0.29) is 16.2 Å². The Morgan fingerprint density at radius 3 is 2.23 bits per heavy atom. The van der Waals surface area contributed by atoms with E-state index in [2.05, 4.69) is 4.74 Å². The van der Waals surface area contributed by atoms with Crippen molar-refractivity contribution in [2.45, 2.75) is 6.92 Å². The van der Waals surface area contributed by atoms with Crippen molar-refractivity contribution in [2.75, 3.05) is 19.1 Å². The van der Waals surface area contributed by atoms with Crippen molar-refractivity contribution in [1.82, 2.24) is 0 Å². The molecule has 2 aromatic rings. The first kappa shape index (κ1) is 21.3. The van der Waals surface area contributed by atoms with Crippen molar-refractivity contribution < 1.29 is 28.2 Å². The third-order valence-corrected chi connectivity index (χ3v) is 4.88. The van der Waals surface area contributed by atoms with Crippen LogP contribution in [0.5, 0.6) is 0 Å². The molecular formula is C22H17ClFNO5. The van der Waals surface area contributed by atoms with Gasteiger partial charge in [0.15, 0.2) is 0 Å². The molecule has 0 fully saturated rings. The number of halogens is 2. The smallest absolute Gasteiger partial charge is 0.340 e. The molecular weight excluding hydrogens is 413 g/mol. The van der Waals surface area contributed by atoms with E-state index in [1.54, 1.807) is 31.2 Å². The molecule has 6 nitrogen and oxygen atoms in total. The summed E-state index contributed by atoms with van der Waals surface area (Å²) in [5.41, 5.74) is 1.76. The second-order valence-electron chi connectivity index (χ2n) is 6.36. The lowest BCUT2D eigenvalue weighted by atomic mass is 10.0. The van der Waals surface area contributed by atoms with E-state index in [0.717, 1.165) is 6.07 Å². The van der Waals surface area contributed by atoms with E-state index in [4.69, 9.17) is 16.3 Å². The van der Waals surface area contributed by atoms with Gasteiger partial charge in [-0.05, 0) is 48.9 Å². The summed E-state index contributed by atoms with van der Waals surface area (Å²) in [4.78, 5) is 38.4. The Morgan fingerprint density at radius 2 is 1.67 bits per heavy atom. The van der Waals surface area contributed by atoms with Crippen molar-refractivity contribution in [3.63, 3.8) is 0 Å². The van der Waals surface area contributed by atoms with Crippen LogP contribution < -0.4 is 4.90 Å². The zero-order valence-corrected chi connectivity index (χ0v) is 17.1. The number of hydrogen-bond acceptors (Lipinski definition) is 5. The molecule has 0 bridgehead atoms. The third kappa shape index (κ3) is 3.84. The van der Waals surface area contributed by atoms with Gasteiger partial charge in [0.2, 0.25) is 0 Å². The predicted octanol–water partition coefficient (Wildman–Crippen LogP) is 4.14. The van der Waals surface area contributed by atoms with E-state index in [1.165, 1.54) is 37.3 Å². The molecule has 0 N–H and O–H groups in total. The van der Waals surface area contributed by atoms with Gasteiger partial charge in [0, 0.05) is 5.70 Å². The molecule has 0 radical (unpaired) electrons. The van der Waals surface area contributed by atoms with Gasteiger partial charge in [-0.15, -0.1) is 0 Å². The lowest BCUT2D eigenvalue weighted by molar-refractivity contribution is -0.136. The maximum atomic E-state index is 13.6. The Kier molecular flexibility index (Phi) is 6.03. The lowest BCUT2D eigenvalue weighted by Gasteiger charge is -2.18. The van der Waals surface area contributed by atoms with Crippen LogP contribution in [0.1, 0.15) is 22.8 Å². The Morgan fingerprint density at radius 1 is 1.03 bits per heavy atom. The highest BCUT2D eigenvalue weighted by atomic mass is 35.5. The number of carbonyl (C=O) groups excluding carboxylic acids is 3. The number of benzene rings is 2. The van der Waals surface area contributed by atoms with Gasteiger partial charge in [0.05, 0.1) is 41.6 Å². The molecule has 1 heterocycles. The molecule has 3 rings (SSSR count). The number of nitrogens with zero attached hydrogens (tertiary/aromatic N) is 1. The summed E-state index contributed by atoms with van der Waals surface area (Å²) >= 11 is 5.86. The molecule has 0 saturated heterocycles. The Balaban J connectivity index is 2.08. The fourth-order valence-corrected chi connectivity index (χ4v) is 3.29. The maximum absolute atomic E-state index is 13.6. The number of anilines is 1. The molecule has 1 aliphatic heterocycles. The molecule has 0 atom stereocenters. The van der Waals surface area contributed by atoms with Gasteiger partial charge in [-0.25, -0.2) is 14.0 Å². The molecule has 1 amide bonds. The average molecular weight is 430 g/mol. The summed E-state index contributed by atoms with van der Waals surface area (Å²) in [6, 6.07) is 10.2. The SMILES string of the molecule is COC(=O)C1=C(C)N(c2ccc(F)c(Cl)c2)C(=O)/C1=C\c1ccc(C(=O)OC)cc1. The number of rotatable bonds is 4. The van der Waals surface area contributed by atoms with Crippen LogP contribution in [0.15, 0.2) is 59.3 Å². The number of allylic oxidation sites excluding steroid dienone is 1. The normalized spacial score (nSPS) is 15.0. The molecule has 30 heavy (non-hydrogen) atoms. The first-order chi connectivity index (χ1) is 14.3. The molecule has 0 saturated carbocycles. The van der Waals surface area contributed by atoms with Crippen molar-refractivity contribution in [3.05, 3.63) is 81.3 Å². The number of amides is 1. The molecule has 0 aromatic heterocycles. The van der Waals surface area contributed by atoms with Gasteiger partial charge in [-0.1, -0.05) is 23.7 Å². The van der Waals surface area contributed by atoms with Crippen LogP contribution in [0.2, 0.25) is 5.02 Å². The van der Waals surface area contributed by atoms with E-state index in [9.17, 15) is 18.8 Å². The zero-order valence-electron chi connectivity index (χ0n) is 16.4. The van der Waals surface area contributed by atoms with Crippen molar-refractivity contribution in [2.24, 2.45) is 0 Å². The van der Waals surface area contributed by atoms with Crippen molar-refractivity contribution >= 4 is 41.2 Å². The van der Waals surface area contributed by atoms with E-state index in [0.29, 0.717) is 22.5 Å². The number of methoxy groups -OCH3 is 2. The molecule has 0 spiro atoms. The molecule has 8 heteroatoms. The van der Waals surface area contributed by atoms with Gasteiger partial charge < -0.3 is 9.47 Å². The van der Waals surface area contributed by atoms with Gasteiger partial charge >= 0.3 is 11.9 Å². The number of hydrogen-bond donors (Lipinski definition) is 0. The Bertz CT molecular complexity index is 1110. The fourth-order valence-electron chi connectivity index (χ4n) is 3.12. The zero-order chi connectivity index (χ0) is 22.0. The van der Waals surface area contributed by atoms with Gasteiger partial charge in [-0.3, -0.25) is 9.69 Å². The highest BCUT2D eigenvalue weighted by molar-refractivity contribution is 6.31. The molecule has 154 valence electrons. The van der Waals surface area contributed by atoms with Crippen LogP contribution in [-0.4, -0.2) is 32.1 Å². The standard InChI is InChI=1S/C22H17ClFNO5/c1-12-19(22(28)30-3)16(10-13-4-6-14(7-5-13)21(27)29-2)20(26)25(12)15-8-9-18(24)17(23)11-15/h4-11H,1-3H3/b16-10-. The van der Waals surface area contributed by atoms with Crippen molar-refractivity contribution in [1.29, 1.82) is 0 Å². The first-order valence-corrected chi connectivity index (χ1v) is 9.15. The highest BCUT2D eigenvalue weighted by Crippen LogP contribution is 2.36. The first-order valence-electron chi connectivity index (χ1n) is 8.77. The van der Waals surface area contributed by atoms with E-state index >= 15 is 0 Å². The molecule has 2 aromatic carbocycles. The lowest BCUT2D eigenvalue weighted by Crippen LogP contribution is -2.24. The molecule has 0 unspecified atom stereocenters. The number of esters is 2. The largest absolute Gasteiger partial charge is 0.465 e. The number of ether oxygens (including phenoxy) is 2. The predicted molar refractivity (Wildman–Crippen MR) is 109 cm³/mol. The average Bonchev–Trinajstić information content (AvgIpc) is 2.99. The minimum absolute atomic E-state index is 0.0833. The molecule has 1 aliphatic rings. The van der Waals surface area contributed by atoms with Gasteiger partial charge in [0.25, 0.3) is 5.91 Å². The van der Waals surface area contributed by atoms with E-state index < -0.39 is 23.7 Å².